The number of sulfonamides is 1. The van der Waals surface area contributed by atoms with Gasteiger partial charge in [-0.1, -0.05) is 18.0 Å². The Kier molecular flexibility index (Phi) is 4.66. The maximum Gasteiger partial charge on any atom is 0.399 e. The van der Waals surface area contributed by atoms with Crippen LogP contribution < -0.4 is 8.85 Å². The zero-order valence-corrected chi connectivity index (χ0v) is 12.1. The highest BCUT2D eigenvalue weighted by atomic mass is 32.3. The van der Waals surface area contributed by atoms with Crippen molar-refractivity contribution < 1.29 is 37.8 Å². The molecule has 118 valence electrons. The van der Waals surface area contributed by atoms with E-state index in [2.05, 4.69) is 0 Å². The van der Waals surface area contributed by atoms with E-state index in [0.717, 1.165) is 22.9 Å². The minimum absolute atomic E-state index is 0.522. The van der Waals surface area contributed by atoms with Gasteiger partial charge in [0.25, 0.3) is 15.9 Å². The second-order valence-electron chi connectivity index (χ2n) is 3.42. The SMILES string of the molecule is O=C(NS(=O)(=O)F)c1cccc(S(=O)(=O)NS(=O)(=O)F)c1. The molecule has 2 N–H and O–H groups in total. The Balaban J connectivity index is 3.21. The van der Waals surface area contributed by atoms with Gasteiger partial charge in [-0.05, 0) is 18.2 Å². The maximum atomic E-state index is 12.3. The molecule has 1 amide bonds. The van der Waals surface area contributed by atoms with Gasteiger partial charge in [-0.3, -0.25) is 4.79 Å². The lowest BCUT2D eigenvalue weighted by Crippen LogP contribution is -2.29. The van der Waals surface area contributed by atoms with Gasteiger partial charge in [0.1, 0.15) is 0 Å². The summed E-state index contributed by atoms with van der Waals surface area (Å²) in [4.78, 5) is 10.4. The standard InChI is InChI=1S/C7H6F2N2O7S3/c8-20(15,16)10-7(12)5-2-1-3-6(4-5)19(13,14)11-21(9,17)18/h1-4,11H,(H,10,12). The van der Waals surface area contributed by atoms with Crippen LogP contribution in [0.4, 0.5) is 7.77 Å². The summed E-state index contributed by atoms with van der Waals surface area (Å²) in [6.07, 6.45) is 0. The quantitative estimate of drug-likeness (QED) is 0.646. The summed E-state index contributed by atoms with van der Waals surface area (Å²) < 4.78 is 90.1. The van der Waals surface area contributed by atoms with Crippen molar-refractivity contribution in [2.24, 2.45) is 0 Å². The lowest BCUT2D eigenvalue weighted by atomic mass is 10.2. The fourth-order valence-corrected chi connectivity index (χ4v) is 3.47. The number of nitrogens with one attached hydrogen (secondary N) is 2. The second-order valence-corrected chi connectivity index (χ2v) is 7.52. The molecule has 1 rings (SSSR count). The highest BCUT2D eigenvalue weighted by molar-refractivity contribution is 8.02. The van der Waals surface area contributed by atoms with E-state index in [1.165, 1.54) is 0 Å². The molecule has 0 fully saturated rings. The molecule has 1 aromatic rings. The Morgan fingerprint density at radius 3 is 2.00 bits per heavy atom. The van der Waals surface area contributed by atoms with Crippen LogP contribution in [-0.2, 0) is 30.8 Å². The molecule has 0 heterocycles. The van der Waals surface area contributed by atoms with Crippen molar-refractivity contribution in [3.8, 4) is 0 Å². The first-order chi connectivity index (χ1) is 9.30. The largest absolute Gasteiger partial charge is 0.399 e. The second kappa shape index (κ2) is 5.63. The Bertz CT molecular complexity index is 877. The summed E-state index contributed by atoms with van der Waals surface area (Å²) in [6.45, 7) is 0. The number of carbonyl (C=O) groups excluding carboxylic acids is 1. The molecule has 9 nitrogen and oxygen atoms in total. The van der Waals surface area contributed by atoms with Gasteiger partial charge >= 0.3 is 20.8 Å². The minimum atomic E-state index is -5.59. The van der Waals surface area contributed by atoms with Crippen LogP contribution in [0.1, 0.15) is 10.4 Å². The number of hydrogen-bond acceptors (Lipinski definition) is 7. The number of rotatable bonds is 5. The van der Waals surface area contributed by atoms with E-state index < -0.39 is 47.2 Å². The van der Waals surface area contributed by atoms with Crippen molar-refractivity contribution in [2.75, 3.05) is 0 Å². The third kappa shape index (κ3) is 5.70. The summed E-state index contributed by atoms with van der Waals surface area (Å²) in [7, 11) is -15.8. The maximum absolute atomic E-state index is 12.3. The molecule has 0 atom stereocenters. The first-order valence-corrected chi connectivity index (χ1v) is 8.90. The van der Waals surface area contributed by atoms with Crippen LogP contribution >= 0.6 is 0 Å². The highest BCUT2D eigenvalue weighted by Gasteiger charge is 2.23. The predicted molar refractivity (Wildman–Crippen MR) is 64.3 cm³/mol. The molecule has 0 bridgehead atoms. The fourth-order valence-electron chi connectivity index (χ4n) is 1.15. The van der Waals surface area contributed by atoms with Crippen molar-refractivity contribution in [3.05, 3.63) is 29.8 Å². The molecular weight excluding hydrogens is 358 g/mol. The van der Waals surface area contributed by atoms with Gasteiger partial charge in [-0.25, -0.2) is 13.1 Å². The number of carbonyl (C=O) groups is 1. The first kappa shape index (κ1) is 17.4. The van der Waals surface area contributed by atoms with Crippen LogP contribution in [0.2, 0.25) is 0 Å². The Labute approximate surface area is 118 Å². The third-order valence-corrected chi connectivity index (χ3v) is 4.81. The van der Waals surface area contributed by atoms with E-state index in [1.54, 1.807) is 0 Å². The van der Waals surface area contributed by atoms with Gasteiger partial charge in [-0.15, -0.1) is 0 Å². The monoisotopic (exact) mass is 364 g/mol. The molecule has 0 spiro atoms. The van der Waals surface area contributed by atoms with Gasteiger partial charge in [0, 0.05) is 5.56 Å². The molecule has 0 aromatic heterocycles. The number of halogens is 2. The van der Waals surface area contributed by atoms with Gasteiger partial charge < -0.3 is 0 Å². The Morgan fingerprint density at radius 1 is 0.952 bits per heavy atom. The molecule has 0 aliphatic rings. The van der Waals surface area contributed by atoms with Crippen molar-refractivity contribution in [1.82, 2.24) is 8.85 Å². The Morgan fingerprint density at radius 2 is 1.52 bits per heavy atom. The van der Waals surface area contributed by atoms with Crippen molar-refractivity contribution in [1.29, 1.82) is 0 Å². The van der Waals surface area contributed by atoms with Crippen LogP contribution in [0.25, 0.3) is 0 Å². The van der Waals surface area contributed by atoms with E-state index in [9.17, 15) is 37.8 Å². The zero-order chi connectivity index (χ0) is 16.5. The normalized spacial score (nSPS) is 12.9. The molecule has 21 heavy (non-hydrogen) atoms. The predicted octanol–water partition coefficient (Wildman–Crippen LogP) is -0.877. The van der Waals surface area contributed by atoms with Crippen LogP contribution in [0.15, 0.2) is 29.2 Å². The van der Waals surface area contributed by atoms with Crippen molar-refractivity contribution >= 4 is 36.7 Å². The number of hydrogen-bond donors (Lipinski definition) is 2. The first-order valence-electron chi connectivity index (χ1n) is 4.65. The highest BCUT2D eigenvalue weighted by Crippen LogP contribution is 2.13. The van der Waals surface area contributed by atoms with E-state index in [-0.39, 0.29) is 0 Å². The average Bonchev–Trinajstić information content (AvgIpc) is 2.23. The Hall–Kier alpha value is -1.64. The summed E-state index contributed by atoms with van der Waals surface area (Å²) in [5.41, 5.74) is -0.615. The smallest absolute Gasteiger partial charge is 0.268 e. The number of amides is 1. The van der Waals surface area contributed by atoms with Crippen LogP contribution in [0.5, 0.6) is 0 Å². The summed E-state index contributed by atoms with van der Waals surface area (Å²) in [5, 5.41) is 0. The fraction of sp³-hybridized carbons (Fsp3) is 0. The molecule has 0 aliphatic carbocycles. The minimum Gasteiger partial charge on any atom is -0.268 e. The van der Waals surface area contributed by atoms with Crippen LogP contribution in [-0.4, -0.2) is 31.2 Å². The molecule has 0 saturated carbocycles. The molecular formula is C7H6F2N2O7S3. The van der Waals surface area contributed by atoms with Gasteiger partial charge in [0.2, 0.25) is 0 Å². The summed E-state index contributed by atoms with van der Waals surface area (Å²) in [6, 6.07) is 3.17. The molecule has 1 aromatic carbocycles. The zero-order valence-electron chi connectivity index (χ0n) is 9.65. The molecule has 0 saturated heterocycles. The van der Waals surface area contributed by atoms with Gasteiger partial charge in [0.05, 0.1) is 4.90 Å². The summed E-state index contributed by atoms with van der Waals surface area (Å²) >= 11 is 0. The summed E-state index contributed by atoms with van der Waals surface area (Å²) in [5.74, 6) is -1.50. The molecule has 0 radical (unpaired) electrons. The average molecular weight is 364 g/mol. The molecule has 14 heteroatoms. The topological polar surface area (TPSA) is 144 Å². The van der Waals surface area contributed by atoms with Crippen molar-refractivity contribution in [2.45, 2.75) is 4.90 Å². The van der Waals surface area contributed by atoms with Crippen LogP contribution in [0.3, 0.4) is 0 Å². The van der Waals surface area contributed by atoms with Gasteiger partial charge in [-0.2, -0.15) is 16.8 Å². The lowest BCUT2D eigenvalue weighted by Gasteiger charge is -2.05. The van der Waals surface area contributed by atoms with Crippen LogP contribution in [0, 0.1) is 0 Å². The molecule has 0 unspecified atom stereocenters. The number of benzene rings is 1. The lowest BCUT2D eigenvalue weighted by molar-refractivity contribution is 0.0980. The van der Waals surface area contributed by atoms with E-state index in [4.69, 9.17) is 0 Å². The van der Waals surface area contributed by atoms with Crippen molar-refractivity contribution in [3.63, 3.8) is 0 Å². The van der Waals surface area contributed by atoms with E-state index in [0.29, 0.717) is 10.2 Å². The third-order valence-electron chi connectivity index (χ3n) is 1.83. The van der Waals surface area contributed by atoms with E-state index >= 15 is 0 Å². The van der Waals surface area contributed by atoms with E-state index in [1.807, 2.05) is 0 Å². The van der Waals surface area contributed by atoms with Gasteiger partial charge in [0.15, 0.2) is 0 Å². The molecule has 0 aliphatic heterocycles.